The van der Waals surface area contributed by atoms with Gasteiger partial charge in [-0.25, -0.2) is 4.98 Å². The smallest absolute Gasteiger partial charge is 0.114 e. The van der Waals surface area contributed by atoms with E-state index in [-0.39, 0.29) is 6.04 Å². The van der Waals surface area contributed by atoms with Crippen LogP contribution in [0.3, 0.4) is 0 Å². The molecule has 2 heterocycles. The molecule has 0 bridgehead atoms. The fourth-order valence-electron chi connectivity index (χ4n) is 1.47. The third-order valence-electron chi connectivity index (χ3n) is 2.23. The van der Waals surface area contributed by atoms with Gasteiger partial charge in [0.25, 0.3) is 0 Å². The van der Waals surface area contributed by atoms with Gasteiger partial charge in [0.1, 0.15) is 5.01 Å². The predicted octanol–water partition coefficient (Wildman–Crippen LogP) is 2.53. The maximum absolute atomic E-state index is 5.05. The highest BCUT2D eigenvalue weighted by Crippen LogP contribution is 2.25. The Balaban J connectivity index is 2.08. The number of thiazole rings is 1. The van der Waals surface area contributed by atoms with Gasteiger partial charge in [-0.1, -0.05) is 0 Å². The second-order valence-corrected chi connectivity index (χ2v) is 5.01. The van der Waals surface area contributed by atoms with E-state index in [0.29, 0.717) is 6.61 Å². The Morgan fingerprint density at radius 1 is 1.50 bits per heavy atom. The van der Waals surface area contributed by atoms with Crippen LogP contribution in [0.15, 0.2) is 28.4 Å². The van der Waals surface area contributed by atoms with Gasteiger partial charge in [0.2, 0.25) is 0 Å². The normalized spacial score (nSPS) is 12.8. The number of rotatable bonds is 6. The van der Waals surface area contributed by atoms with E-state index in [1.54, 1.807) is 29.8 Å². The monoisotopic (exact) mass is 254 g/mol. The molecule has 2 aromatic heterocycles. The molecule has 0 aliphatic heterocycles. The van der Waals surface area contributed by atoms with Crippen molar-refractivity contribution in [1.29, 1.82) is 0 Å². The van der Waals surface area contributed by atoms with Gasteiger partial charge in [0, 0.05) is 25.2 Å². The molecule has 0 aromatic carbocycles. The Hall–Kier alpha value is -0.750. The molecule has 0 spiro atoms. The molecule has 3 nitrogen and oxygen atoms in total. The molecule has 86 valence electrons. The molecule has 0 radical (unpaired) electrons. The summed E-state index contributed by atoms with van der Waals surface area (Å²) in [5, 5.41) is 10.8. The Kier molecular flexibility index (Phi) is 4.47. The summed E-state index contributed by atoms with van der Waals surface area (Å²) in [5.41, 5.74) is 1.27. The van der Waals surface area contributed by atoms with Crippen LogP contribution in [0.2, 0.25) is 0 Å². The zero-order valence-corrected chi connectivity index (χ0v) is 10.7. The number of hydrogen-bond donors (Lipinski definition) is 1. The zero-order valence-electron chi connectivity index (χ0n) is 9.05. The SMILES string of the molecule is COCCNC(c1ccsc1)c1nccs1. The second kappa shape index (κ2) is 6.10. The van der Waals surface area contributed by atoms with Crippen LogP contribution in [0.25, 0.3) is 0 Å². The summed E-state index contributed by atoms with van der Waals surface area (Å²) in [6, 6.07) is 2.33. The van der Waals surface area contributed by atoms with E-state index in [9.17, 15) is 0 Å². The molecule has 1 unspecified atom stereocenters. The Bertz CT molecular complexity index is 352. The summed E-state index contributed by atoms with van der Waals surface area (Å²) in [5.74, 6) is 0. The molecule has 0 saturated heterocycles. The second-order valence-electron chi connectivity index (χ2n) is 3.31. The first-order chi connectivity index (χ1) is 7.92. The minimum Gasteiger partial charge on any atom is -0.383 e. The summed E-state index contributed by atoms with van der Waals surface area (Å²) in [6.07, 6.45) is 1.84. The van der Waals surface area contributed by atoms with E-state index in [1.807, 2.05) is 11.6 Å². The molecule has 16 heavy (non-hydrogen) atoms. The molecule has 0 aliphatic carbocycles. The summed E-state index contributed by atoms with van der Waals surface area (Å²) < 4.78 is 5.05. The van der Waals surface area contributed by atoms with Crippen molar-refractivity contribution in [2.45, 2.75) is 6.04 Å². The highest BCUT2D eigenvalue weighted by atomic mass is 32.1. The molecule has 5 heteroatoms. The number of aromatic nitrogens is 1. The van der Waals surface area contributed by atoms with Crippen molar-refractivity contribution in [3.05, 3.63) is 39.0 Å². The average molecular weight is 254 g/mol. The molecule has 0 saturated carbocycles. The number of ether oxygens (including phenoxy) is 1. The van der Waals surface area contributed by atoms with Crippen LogP contribution < -0.4 is 5.32 Å². The topological polar surface area (TPSA) is 34.1 Å². The van der Waals surface area contributed by atoms with Crippen molar-refractivity contribution < 1.29 is 4.74 Å². The van der Waals surface area contributed by atoms with Crippen molar-refractivity contribution in [2.24, 2.45) is 0 Å². The first-order valence-electron chi connectivity index (χ1n) is 5.05. The third-order valence-corrected chi connectivity index (χ3v) is 3.77. The van der Waals surface area contributed by atoms with Crippen LogP contribution in [-0.4, -0.2) is 25.2 Å². The molecule has 0 amide bonds. The highest BCUT2D eigenvalue weighted by Gasteiger charge is 2.15. The lowest BCUT2D eigenvalue weighted by Gasteiger charge is -2.14. The lowest BCUT2D eigenvalue weighted by molar-refractivity contribution is 0.197. The summed E-state index contributed by atoms with van der Waals surface area (Å²) >= 11 is 3.39. The maximum atomic E-state index is 5.05. The van der Waals surface area contributed by atoms with E-state index in [4.69, 9.17) is 4.74 Å². The fourth-order valence-corrected chi connectivity index (χ4v) is 2.89. The van der Waals surface area contributed by atoms with Crippen molar-refractivity contribution in [3.63, 3.8) is 0 Å². The van der Waals surface area contributed by atoms with Crippen LogP contribution in [0.4, 0.5) is 0 Å². The number of thiophene rings is 1. The third kappa shape index (κ3) is 2.89. The summed E-state index contributed by atoms with van der Waals surface area (Å²) in [4.78, 5) is 4.37. The molecule has 0 fully saturated rings. The van der Waals surface area contributed by atoms with Crippen molar-refractivity contribution in [3.8, 4) is 0 Å². The first-order valence-corrected chi connectivity index (χ1v) is 6.88. The van der Waals surface area contributed by atoms with Crippen LogP contribution in [0, 0.1) is 0 Å². The van der Waals surface area contributed by atoms with Crippen molar-refractivity contribution >= 4 is 22.7 Å². The van der Waals surface area contributed by atoms with Crippen LogP contribution in [-0.2, 0) is 4.74 Å². The summed E-state index contributed by atoms with van der Waals surface area (Å²) in [6.45, 7) is 1.54. The lowest BCUT2D eigenvalue weighted by atomic mass is 10.1. The quantitative estimate of drug-likeness (QED) is 0.804. The van der Waals surface area contributed by atoms with Crippen molar-refractivity contribution in [2.75, 3.05) is 20.3 Å². The van der Waals surface area contributed by atoms with E-state index < -0.39 is 0 Å². The van der Waals surface area contributed by atoms with E-state index in [1.165, 1.54) is 5.56 Å². The van der Waals surface area contributed by atoms with E-state index in [2.05, 4.69) is 27.1 Å². The van der Waals surface area contributed by atoms with Gasteiger partial charge in [-0.2, -0.15) is 11.3 Å². The summed E-state index contributed by atoms with van der Waals surface area (Å²) in [7, 11) is 1.71. The van der Waals surface area contributed by atoms with Gasteiger partial charge in [-0.3, -0.25) is 0 Å². The lowest BCUT2D eigenvalue weighted by Crippen LogP contribution is -2.25. The van der Waals surface area contributed by atoms with Gasteiger partial charge >= 0.3 is 0 Å². The Morgan fingerprint density at radius 3 is 3.06 bits per heavy atom. The van der Waals surface area contributed by atoms with Crippen LogP contribution >= 0.6 is 22.7 Å². The molecular weight excluding hydrogens is 240 g/mol. The van der Waals surface area contributed by atoms with E-state index >= 15 is 0 Å². The molecule has 1 atom stereocenters. The predicted molar refractivity (Wildman–Crippen MR) is 68.2 cm³/mol. The molecule has 1 N–H and O–H groups in total. The maximum Gasteiger partial charge on any atom is 0.114 e. The number of hydrogen-bond acceptors (Lipinski definition) is 5. The van der Waals surface area contributed by atoms with Crippen molar-refractivity contribution in [1.82, 2.24) is 10.3 Å². The largest absolute Gasteiger partial charge is 0.383 e. The van der Waals surface area contributed by atoms with Gasteiger partial charge in [0.15, 0.2) is 0 Å². The molecule has 2 rings (SSSR count). The highest BCUT2D eigenvalue weighted by molar-refractivity contribution is 7.09. The van der Waals surface area contributed by atoms with Gasteiger partial charge in [0.05, 0.1) is 12.6 Å². The number of nitrogens with zero attached hydrogens (tertiary/aromatic N) is 1. The Morgan fingerprint density at radius 2 is 2.44 bits per heavy atom. The Labute approximate surface area is 103 Å². The first kappa shape index (κ1) is 11.7. The average Bonchev–Trinajstić information content (AvgIpc) is 2.97. The van der Waals surface area contributed by atoms with Crippen LogP contribution in [0.5, 0.6) is 0 Å². The zero-order chi connectivity index (χ0) is 11.2. The minimum atomic E-state index is 0.196. The van der Waals surface area contributed by atoms with E-state index in [0.717, 1.165) is 11.6 Å². The fraction of sp³-hybridized carbons (Fsp3) is 0.364. The van der Waals surface area contributed by atoms with Gasteiger partial charge in [-0.15, -0.1) is 11.3 Å². The van der Waals surface area contributed by atoms with Crippen LogP contribution in [0.1, 0.15) is 16.6 Å². The molecular formula is C11H14N2OS2. The van der Waals surface area contributed by atoms with Gasteiger partial charge in [-0.05, 0) is 22.4 Å². The molecule has 0 aliphatic rings. The van der Waals surface area contributed by atoms with Gasteiger partial charge < -0.3 is 10.1 Å². The number of nitrogens with one attached hydrogen (secondary N) is 1. The standard InChI is InChI=1S/C11H14N2OS2/c1-14-5-3-12-10(9-2-6-15-8-9)11-13-4-7-16-11/h2,4,6-8,10,12H,3,5H2,1H3. The number of methoxy groups -OCH3 is 1. The minimum absolute atomic E-state index is 0.196. The molecule has 2 aromatic rings.